The van der Waals surface area contributed by atoms with Crippen LogP contribution in [0.25, 0.3) is 16.9 Å². The minimum Gasteiger partial charge on any atom is -0.481 e. The number of amides is 1. The molecule has 0 aliphatic rings. The molecule has 0 spiro atoms. The van der Waals surface area contributed by atoms with E-state index in [0.717, 1.165) is 11.8 Å². The molecule has 10 heteroatoms. The fraction of sp³-hybridized carbons (Fsp3) is 0.0952. The maximum Gasteiger partial charge on any atom is 0.261 e. The quantitative estimate of drug-likeness (QED) is 0.491. The highest BCUT2D eigenvalue weighted by Crippen LogP contribution is 2.26. The fourth-order valence-corrected chi connectivity index (χ4v) is 3.81. The molecule has 0 saturated carbocycles. The molecule has 31 heavy (non-hydrogen) atoms. The molecule has 0 saturated heterocycles. The van der Waals surface area contributed by atoms with Gasteiger partial charge in [-0.15, -0.1) is 0 Å². The molecule has 1 amide bonds. The molecule has 0 atom stereocenters. The lowest BCUT2D eigenvalue weighted by Gasteiger charge is -2.09. The zero-order valence-corrected chi connectivity index (χ0v) is 18.1. The number of rotatable bonds is 5. The van der Waals surface area contributed by atoms with E-state index in [1.54, 1.807) is 30.3 Å². The molecule has 2 aromatic carbocycles. The summed E-state index contributed by atoms with van der Waals surface area (Å²) < 4.78 is 30.4. The zero-order chi connectivity index (χ0) is 22.2. The number of ether oxygens (including phenoxy) is 1. The first-order valence-electron chi connectivity index (χ1n) is 9.06. The van der Waals surface area contributed by atoms with E-state index in [4.69, 9.17) is 16.3 Å². The van der Waals surface area contributed by atoms with Crippen molar-refractivity contribution in [2.75, 3.05) is 18.7 Å². The van der Waals surface area contributed by atoms with Crippen molar-refractivity contribution in [3.05, 3.63) is 71.4 Å². The van der Waals surface area contributed by atoms with Crippen LogP contribution in [0.2, 0.25) is 5.02 Å². The Labute approximate surface area is 183 Å². The lowest BCUT2D eigenvalue weighted by molar-refractivity contribution is 0.102. The highest BCUT2D eigenvalue weighted by molar-refractivity contribution is 7.90. The standard InChI is InChI=1S/C21H17ClN4O4S/c1-30-19-11-18(13-6-8-14(22)9-7-13)25-20-17(12-23-26(19)20)21(27)24-15-4-3-5-16(10-15)31(2,28)29/h3-12H,1-2H3,(H,24,27). The lowest BCUT2D eigenvalue weighted by Crippen LogP contribution is -2.13. The molecule has 4 aromatic rings. The average Bonchev–Trinajstić information content (AvgIpc) is 3.17. The second-order valence-electron chi connectivity index (χ2n) is 6.74. The number of hydrogen-bond acceptors (Lipinski definition) is 6. The minimum atomic E-state index is -3.40. The van der Waals surface area contributed by atoms with Crippen LogP contribution in [0.5, 0.6) is 5.88 Å². The number of nitrogens with zero attached hydrogens (tertiary/aromatic N) is 3. The third kappa shape index (κ3) is 4.23. The maximum atomic E-state index is 12.9. The number of carbonyl (C=O) groups excluding carboxylic acids is 1. The monoisotopic (exact) mass is 456 g/mol. The van der Waals surface area contributed by atoms with Gasteiger partial charge in [0, 0.05) is 28.6 Å². The van der Waals surface area contributed by atoms with Gasteiger partial charge in [-0.1, -0.05) is 29.8 Å². The van der Waals surface area contributed by atoms with Crippen molar-refractivity contribution in [2.24, 2.45) is 0 Å². The number of benzene rings is 2. The number of fused-ring (bicyclic) bond motifs is 1. The van der Waals surface area contributed by atoms with Crippen LogP contribution in [-0.2, 0) is 9.84 Å². The van der Waals surface area contributed by atoms with Crippen molar-refractivity contribution in [3.63, 3.8) is 0 Å². The average molecular weight is 457 g/mol. The van der Waals surface area contributed by atoms with Gasteiger partial charge in [0.15, 0.2) is 15.5 Å². The normalized spacial score (nSPS) is 11.5. The van der Waals surface area contributed by atoms with E-state index in [2.05, 4.69) is 15.4 Å². The lowest BCUT2D eigenvalue weighted by atomic mass is 10.1. The van der Waals surface area contributed by atoms with Gasteiger partial charge in [0.05, 0.1) is 23.9 Å². The number of halogens is 1. The van der Waals surface area contributed by atoms with Crippen LogP contribution in [0.1, 0.15) is 10.4 Å². The van der Waals surface area contributed by atoms with Crippen LogP contribution in [0.4, 0.5) is 5.69 Å². The van der Waals surface area contributed by atoms with Gasteiger partial charge in [-0.25, -0.2) is 13.4 Å². The summed E-state index contributed by atoms with van der Waals surface area (Å²) in [6.45, 7) is 0. The van der Waals surface area contributed by atoms with E-state index >= 15 is 0 Å². The van der Waals surface area contributed by atoms with Crippen LogP contribution < -0.4 is 10.1 Å². The molecule has 1 N–H and O–H groups in total. The molecule has 4 rings (SSSR count). The predicted octanol–water partition coefficient (Wildman–Crippen LogP) is 3.71. The predicted molar refractivity (Wildman–Crippen MR) is 117 cm³/mol. The Hall–Kier alpha value is -3.43. The second-order valence-corrected chi connectivity index (χ2v) is 9.19. The summed E-state index contributed by atoms with van der Waals surface area (Å²) in [6, 6.07) is 14.8. The van der Waals surface area contributed by atoms with Gasteiger partial charge in [0.2, 0.25) is 5.88 Å². The Kier molecular flexibility index (Phi) is 5.38. The number of sulfone groups is 1. The molecule has 0 aliphatic carbocycles. The first-order valence-corrected chi connectivity index (χ1v) is 11.3. The second kappa shape index (κ2) is 8.01. The van der Waals surface area contributed by atoms with Crippen molar-refractivity contribution in [2.45, 2.75) is 4.90 Å². The summed E-state index contributed by atoms with van der Waals surface area (Å²) >= 11 is 5.97. The molecule has 2 aromatic heterocycles. The summed E-state index contributed by atoms with van der Waals surface area (Å²) in [4.78, 5) is 17.6. The van der Waals surface area contributed by atoms with Gasteiger partial charge in [-0.3, -0.25) is 4.79 Å². The molecule has 2 heterocycles. The number of nitrogens with one attached hydrogen (secondary N) is 1. The van der Waals surface area contributed by atoms with E-state index in [-0.39, 0.29) is 10.5 Å². The van der Waals surface area contributed by atoms with E-state index < -0.39 is 15.7 Å². The number of aromatic nitrogens is 3. The summed E-state index contributed by atoms with van der Waals surface area (Å²) in [7, 11) is -1.91. The molecule has 0 radical (unpaired) electrons. The highest BCUT2D eigenvalue weighted by Gasteiger charge is 2.19. The first-order chi connectivity index (χ1) is 14.8. The third-order valence-corrected chi connectivity index (χ3v) is 5.92. The summed E-state index contributed by atoms with van der Waals surface area (Å²) in [5, 5.41) is 7.50. The molecular formula is C21H17ClN4O4S. The fourth-order valence-electron chi connectivity index (χ4n) is 3.01. The van der Waals surface area contributed by atoms with Gasteiger partial charge in [0.25, 0.3) is 5.91 Å². The zero-order valence-electron chi connectivity index (χ0n) is 16.5. The Morgan fingerprint density at radius 2 is 1.87 bits per heavy atom. The van der Waals surface area contributed by atoms with E-state index in [1.807, 2.05) is 12.1 Å². The molecule has 8 nitrogen and oxygen atoms in total. The Morgan fingerprint density at radius 3 is 2.55 bits per heavy atom. The van der Waals surface area contributed by atoms with Crippen molar-refractivity contribution in [3.8, 4) is 17.1 Å². The largest absolute Gasteiger partial charge is 0.481 e. The summed E-state index contributed by atoms with van der Waals surface area (Å²) in [5.74, 6) is -0.0865. The Balaban J connectivity index is 1.75. The molecule has 0 unspecified atom stereocenters. The van der Waals surface area contributed by atoms with E-state index in [1.165, 1.54) is 30.0 Å². The molecule has 0 aliphatic heterocycles. The van der Waals surface area contributed by atoms with Gasteiger partial charge >= 0.3 is 0 Å². The van der Waals surface area contributed by atoms with Crippen molar-refractivity contribution < 1.29 is 17.9 Å². The van der Waals surface area contributed by atoms with Crippen LogP contribution >= 0.6 is 11.6 Å². The molecule has 0 bridgehead atoms. The molecular weight excluding hydrogens is 440 g/mol. The number of anilines is 1. The van der Waals surface area contributed by atoms with Gasteiger partial charge in [-0.05, 0) is 30.3 Å². The van der Waals surface area contributed by atoms with Gasteiger partial charge in [0.1, 0.15) is 5.56 Å². The van der Waals surface area contributed by atoms with Crippen LogP contribution in [0.15, 0.2) is 65.7 Å². The highest BCUT2D eigenvalue weighted by atomic mass is 35.5. The van der Waals surface area contributed by atoms with Crippen molar-refractivity contribution in [1.29, 1.82) is 0 Å². The molecule has 158 valence electrons. The molecule has 0 fully saturated rings. The van der Waals surface area contributed by atoms with E-state index in [9.17, 15) is 13.2 Å². The summed E-state index contributed by atoms with van der Waals surface area (Å²) in [6.07, 6.45) is 2.49. The maximum absolute atomic E-state index is 12.9. The first kappa shape index (κ1) is 20.8. The SMILES string of the molecule is COc1cc(-c2ccc(Cl)cc2)nc2c(C(=O)Nc3cccc(S(C)(=O)=O)c3)cnn12. The topological polar surface area (TPSA) is 103 Å². The number of methoxy groups -OCH3 is 1. The minimum absolute atomic E-state index is 0.106. The number of hydrogen-bond donors (Lipinski definition) is 1. The Morgan fingerprint density at radius 1 is 1.13 bits per heavy atom. The summed E-state index contributed by atoms with van der Waals surface area (Å²) in [5.41, 5.74) is 2.21. The van der Waals surface area contributed by atoms with Crippen molar-refractivity contribution >= 4 is 38.7 Å². The van der Waals surface area contributed by atoms with Crippen LogP contribution in [0.3, 0.4) is 0 Å². The number of carbonyl (C=O) groups is 1. The van der Waals surface area contributed by atoms with Crippen LogP contribution in [0, 0.1) is 0 Å². The third-order valence-electron chi connectivity index (χ3n) is 4.55. The van der Waals surface area contributed by atoms with Crippen LogP contribution in [-0.4, -0.2) is 42.3 Å². The Bertz CT molecular complexity index is 1400. The smallest absolute Gasteiger partial charge is 0.261 e. The van der Waals surface area contributed by atoms with Gasteiger partial charge in [-0.2, -0.15) is 9.61 Å². The van der Waals surface area contributed by atoms with Gasteiger partial charge < -0.3 is 10.1 Å². The van der Waals surface area contributed by atoms with Crippen molar-refractivity contribution in [1.82, 2.24) is 14.6 Å². The van der Waals surface area contributed by atoms with E-state index in [0.29, 0.717) is 27.9 Å².